The Morgan fingerprint density at radius 2 is 1.36 bits per heavy atom. The molecule has 0 unspecified atom stereocenters. The van der Waals surface area contributed by atoms with Crippen LogP contribution >= 0.6 is 0 Å². The molecule has 0 saturated carbocycles. The van der Waals surface area contributed by atoms with Crippen molar-refractivity contribution in [2.75, 3.05) is 19.3 Å². The summed E-state index contributed by atoms with van der Waals surface area (Å²) in [6.45, 7) is 2.24. The topological polar surface area (TPSA) is 109 Å². The zero-order valence-electron chi connectivity index (χ0n) is 18.1. The van der Waals surface area contributed by atoms with Gasteiger partial charge in [-0.3, -0.25) is 9.35 Å². The molecule has 1 amide bonds. The highest BCUT2D eigenvalue weighted by atomic mass is 32.2. The summed E-state index contributed by atoms with van der Waals surface area (Å²) in [6.07, 6.45) is 22.3. The van der Waals surface area contributed by atoms with E-state index >= 15 is 0 Å². The van der Waals surface area contributed by atoms with E-state index in [-0.39, 0.29) is 18.2 Å². The van der Waals surface area contributed by atoms with Crippen molar-refractivity contribution in [1.29, 1.82) is 0 Å². The molecule has 168 valence electrons. The van der Waals surface area contributed by atoms with Crippen LogP contribution in [0.4, 0.5) is 0 Å². The molecule has 0 spiro atoms. The number of carbonyl (C=O) groups is 1. The van der Waals surface area contributed by atoms with Gasteiger partial charge in [0.2, 0.25) is 5.91 Å². The Balaban J connectivity index is 0. The lowest BCUT2D eigenvalue weighted by Crippen LogP contribution is -2.16. The third-order valence-corrected chi connectivity index (χ3v) is 5.07. The second-order valence-electron chi connectivity index (χ2n) is 7.08. The van der Waals surface area contributed by atoms with E-state index in [0.29, 0.717) is 6.42 Å². The number of amides is 1. The van der Waals surface area contributed by atoms with E-state index in [9.17, 15) is 13.2 Å². The average molecular weight is 421 g/mol. The first-order chi connectivity index (χ1) is 13.4. The summed E-state index contributed by atoms with van der Waals surface area (Å²) >= 11 is 0. The maximum Gasteiger partial charge on any atom is 0.266 e. The number of allylic oxidation sites excluding steroid dienone is 2. The van der Waals surface area contributed by atoms with Gasteiger partial charge in [-0.2, -0.15) is 8.42 Å². The van der Waals surface area contributed by atoms with Crippen LogP contribution in [-0.2, 0) is 14.9 Å². The molecular weight excluding hydrogens is 376 g/mol. The molecular formula is C21H44N2O4S. The van der Waals surface area contributed by atoms with E-state index in [1.807, 2.05) is 0 Å². The molecule has 0 aromatic heterocycles. The number of rotatable bonds is 17. The van der Waals surface area contributed by atoms with Gasteiger partial charge >= 0.3 is 0 Å². The summed E-state index contributed by atoms with van der Waals surface area (Å²) in [6, 6.07) is 0. The predicted molar refractivity (Wildman–Crippen MR) is 119 cm³/mol. The lowest BCUT2D eigenvalue weighted by Gasteiger charge is -2.00. The lowest BCUT2D eigenvalue weighted by molar-refractivity contribution is -0.120. The van der Waals surface area contributed by atoms with Gasteiger partial charge in [0.15, 0.2) is 0 Å². The fourth-order valence-electron chi connectivity index (χ4n) is 2.63. The van der Waals surface area contributed by atoms with Crippen LogP contribution in [0.15, 0.2) is 12.2 Å². The highest BCUT2D eigenvalue weighted by Gasteiger charge is 1.98. The molecule has 28 heavy (non-hydrogen) atoms. The molecule has 7 heteroatoms. The van der Waals surface area contributed by atoms with Crippen molar-refractivity contribution >= 4 is 16.0 Å². The van der Waals surface area contributed by atoms with Crippen LogP contribution in [0.25, 0.3) is 0 Å². The van der Waals surface area contributed by atoms with Gasteiger partial charge < -0.3 is 11.1 Å². The van der Waals surface area contributed by atoms with Gasteiger partial charge in [0.1, 0.15) is 0 Å². The second-order valence-corrected chi connectivity index (χ2v) is 8.65. The molecule has 0 atom stereocenters. The van der Waals surface area contributed by atoms with Crippen LogP contribution in [0.1, 0.15) is 96.8 Å². The van der Waals surface area contributed by atoms with Crippen molar-refractivity contribution in [3.05, 3.63) is 12.2 Å². The largest absolute Gasteiger partial charge is 0.359 e. The Morgan fingerprint density at radius 3 is 1.75 bits per heavy atom. The van der Waals surface area contributed by atoms with Crippen molar-refractivity contribution in [1.82, 2.24) is 5.32 Å². The Kier molecular flexibility index (Phi) is 23.4. The monoisotopic (exact) mass is 420 g/mol. The average Bonchev–Trinajstić information content (AvgIpc) is 2.64. The SMILES string of the molecule is CCCCCCCC/C=C\CCCCCCCC(=O)NC.NCCS(=O)(=O)O. The minimum atomic E-state index is -3.80. The van der Waals surface area contributed by atoms with E-state index < -0.39 is 10.1 Å². The Hall–Kier alpha value is -0.920. The van der Waals surface area contributed by atoms with Crippen LogP contribution in [0.5, 0.6) is 0 Å². The minimum Gasteiger partial charge on any atom is -0.359 e. The first-order valence-electron chi connectivity index (χ1n) is 10.9. The molecule has 4 N–H and O–H groups in total. The number of hydrogen-bond donors (Lipinski definition) is 3. The van der Waals surface area contributed by atoms with Crippen molar-refractivity contribution < 1.29 is 17.8 Å². The van der Waals surface area contributed by atoms with Crippen LogP contribution in [0, 0.1) is 0 Å². The third kappa shape index (κ3) is 29.8. The molecule has 0 fully saturated rings. The highest BCUT2D eigenvalue weighted by molar-refractivity contribution is 7.85. The molecule has 6 nitrogen and oxygen atoms in total. The highest BCUT2D eigenvalue weighted by Crippen LogP contribution is 2.09. The molecule has 0 aliphatic rings. The van der Waals surface area contributed by atoms with Gasteiger partial charge in [-0.1, -0.05) is 70.4 Å². The molecule has 0 aromatic rings. The maximum absolute atomic E-state index is 11.0. The van der Waals surface area contributed by atoms with Crippen LogP contribution < -0.4 is 11.1 Å². The Morgan fingerprint density at radius 1 is 0.893 bits per heavy atom. The third-order valence-electron chi connectivity index (χ3n) is 4.32. The summed E-state index contributed by atoms with van der Waals surface area (Å²) in [5.74, 6) is -0.180. The summed E-state index contributed by atoms with van der Waals surface area (Å²) < 4.78 is 27.3. The predicted octanol–water partition coefficient (Wildman–Crippen LogP) is 4.60. The molecule has 0 heterocycles. The standard InChI is InChI=1S/C19H37NO.C2H7NO3S/c1-3-4-5-6-7-8-9-10-11-12-13-14-15-16-17-18-19(21)20-2;3-1-2-7(4,5)6/h10-11H,3-9,12-18H2,1-2H3,(H,20,21);1-3H2,(H,4,5,6)/b11-10-;. The summed E-state index contributed by atoms with van der Waals surface area (Å²) in [5, 5.41) is 2.67. The fraction of sp³-hybridized carbons (Fsp3) is 0.857. The van der Waals surface area contributed by atoms with Crippen molar-refractivity contribution in [2.24, 2.45) is 5.73 Å². The number of unbranched alkanes of at least 4 members (excludes halogenated alkanes) is 11. The van der Waals surface area contributed by atoms with E-state index in [1.165, 1.54) is 77.0 Å². The normalized spacial score (nSPS) is 11.3. The quantitative estimate of drug-likeness (QED) is 0.181. The zero-order chi connectivity index (χ0) is 21.5. The van der Waals surface area contributed by atoms with Gasteiger partial charge in [0.05, 0.1) is 5.75 Å². The fourth-order valence-corrected chi connectivity index (χ4v) is 2.93. The van der Waals surface area contributed by atoms with Gasteiger partial charge in [-0.15, -0.1) is 0 Å². The van der Waals surface area contributed by atoms with Crippen LogP contribution in [0.3, 0.4) is 0 Å². The van der Waals surface area contributed by atoms with Gasteiger partial charge in [0, 0.05) is 20.0 Å². The first-order valence-corrected chi connectivity index (χ1v) is 12.5. The molecule has 0 aliphatic heterocycles. The van der Waals surface area contributed by atoms with E-state index in [2.05, 4.69) is 24.4 Å². The number of hydrogen-bond acceptors (Lipinski definition) is 4. The van der Waals surface area contributed by atoms with Gasteiger partial charge in [-0.05, 0) is 32.1 Å². The number of nitrogens with one attached hydrogen (secondary N) is 1. The molecule has 0 saturated heterocycles. The van der Waals surface area contributed by atoms with Crippen molar-refractivity contribution in [3.8, 4) is 0 Å². The molecule has 0 aromatic carbocycles. The smallest absolute Gasteiger partial charge is 0.266 e. The van der Waals surface area contributed by atoms with Crippen molar-refractivity contribution in [2.45, 2.75) is 96.8 Å². The van der Waals surface area contributed by atoms with E-state index in [1.54, 1.807) is 7.05 Å². The summed E-state index contributed by atoms with van der Waals surface area (Å²) in [7, 11) is -2.09. The van der Waals surface area contributed by atoms with Crippen LogP contribution in [0.2, 0.25) is 0 Å². The molecule has 0 rings (SSSR count). The maximum atomic E-state index is 11.0. The minimum absolute atomic E-state index is 0.0289. The molecule has 0 radical (unpaired) electrons. The summed E-state index contributed by atoms with van der Waals surface area (Å²) in [4.78, 5) is 11.0. The molecule has 0 bridgehead atoms. The van der Waals surface area contributed by atoms with Gasteiger partial charge in [0.25, 0.3) is 10.1 Å². The van der Waals surface area contributed by atoms with E-state index in [0.717, 1.165) is 6.42 Å². The second kappa shape index (κ2) is 22.4. The molecule has 0 aliphatic carbocycles. The zero-order valence-corrected chi connectivity index (χ0v) is 18.9. The van der Waals surface area contributed by atoms with Crippen molar-refractivity contribution in [3.63, 3.8) is 0 Å². The van der Waals surface area contributed by atoms with E-state index in [4.69, 9.17) is 10.3 Å². The Labute approximate surface area is 173 Å². The number of carbonyl (C=O) groups excluding carboxylic acids is 1. The lowest BCUT2D eigenvalue weighted by atomic mass is 10.1. The number of nitrogens with two attached hydrogens (primary N) is 1. The van der Waals surface area contributed by atoms with Gasteiger partial charge in [-0.25, -0.2) is 0 Å². The van der Waals surface area contributed by atoms with Crippen LogP contribution in [-0.4, -0.2) is 38.2 Å². The summed E-state index contributed by atoms with van der Waals surface area (Å²) in [5.41, 5.74) is 4.78. The first kappa shape index (κ1) is 29.3. The Bertz CT molecular complexity index is 465.